The fourth-order valence-electron chi connectivity index (χ4n) is 2.81. The van der Waals surface area contributed by atoms with Crippen LogP contribution in [0.4, 0.5) is 11.4 Å². The number of anilines is 2. The van der Waals surface area contributed by atoms with Crippen molar-refractivity contribution in [3.05, 3.63) is 29.5 Å². The molecule has 1 heterocycles. The van der Waals surface area contributed by atoms with Gasteiger partial charge in [0.15, 0.2) is 0 Å². The highest BCUT2D eigenvalue weighted by Crippen LogP contribution is 2.35. The summed E-state index contributed by atoms with van der Waals surface area (Å²) in [5.41, 5.74) is 6.30. The molecule has 0 atom stereocenters. The van der Waals surface area contributed by atoms with Crippen molar-refractivity contribution in [2.24, 2.45) is 0 Å². The van der Waals surface area contributed by atoms with E-state index in [0.29, 0.717) is 0 Å². The molecule has 0 saturated heterocycles. The number of benzene rings is 1. The molecule has 0 unspecified atom stereocenters. The number of fused-ring (bicyclic) bond motifs is 2. The molecule has 0 radical (unpaired) electrons. The van der Waals surface area contributed by atoms with Gasteiger partial charge >= 0.3 is 0 Å². The Labute approximate surface area is 108 Å². The Morgan fingerprint density at radius 3 is 2.78 bits per heavy atom. The second-order valence-corrected chi connectivity index (χ2v) is 5.11. The monoisotopic (exact) mass is 241 g/mol. The number of nitrogens with one attached hydrogen (secondary N) is 1. The highest BCUT2D eigenvalue weighted by Gasteiger charge is 2.19. The molecule has 0 spiro atoms. The van der Waals surface area contributed by atoms with E-state index < -0.39 is 0 Å². The Kier molecular flexibility index (Phi) is 2.62. The highest BCUT2D eigenvalue weighted by atomic mass is 15.1. The number of hydrogen-bond acceptors (Lipinski definition) is 3. The van der Waals surface area contributed by atoms with Crippen LogP contribution >= 0.6 is 0 Å². The summed E-state index contributed by atoms with van der Waals surface area (Å²) in [7, 11) is 6.15. The topological polar surface area (TPSA) is 28.2 Å². The van der Waals surface area contributed by atoms with Crippen LogP contribution in [0, 0.1) is 0 Å². The molecule has 1 aliphatic rings. The summed E-state index contributed by atoms with van der Waals surface area (Å²) in [5.74, 6) is 0. The lowest BCUT2D eigenvalue weighted by Crippen LogP contribution is -2.08. The van der Waals surface area contributed by atoms with Crippen LogP contribution in [-0.4, -0.2) is 26.1 Å². The van der Waals surface area contributed by atoms with Crippen LogP contribution < -0.4 is 10.2 Å². The van der Waals surface area contributed by atoms with Gasteiger partial charge in [0.25, 0.3) is 0 Å². The largest absolute Gasteiger partial charge is 0.387 e. The molecule has 2 aromatic rings. The van der Waals surface area contributed by atoms with Gasteiger partial charge in [0.1, 0.15) is 0 Å². The normalized spacial score (nSPS) is 13.7. The van der Waals surface area contributed by atoms with Crippen LogP contribution in [0.2, 0.25) is 0 Å². The molecule has 0 saturated carbocycles. The standard InChI is InChI=1S/C15H19N3/c1-16-15-11-5-4-6-13(11)17-14-8-7-10(18(2)3)9-12(14)15/h7-9H,4-6H2,1-3H3,(H,16,17). The maximum absolute atomic E-state index is 4.81. The van der Waals surface area contributed by atoms with Gasteiger partial charge in [-0.2, -0.15) is 0 Å². The molecule has 3 heteroatoms. The van der Waals surface area contributed by atoms with Crippen molar-refractivity contribution in [2.75, 3.05) is 31.4 Å². The summed E-state index contributed by atoms with van der Waals surface area (Å²) >= 11 is 0. The van der Waals surface area contributed by atoms with Crippen LogP contribution in [0.3, 0.4) is 0 Å². The van der Waals surface area contributed by atoms with Crippen LogP contribution in [0.15, 0.2) is 18.2 Å². The van der Waals surface area contributed by atoms with Gasteiger partial charge in [-0.05, 0) is 43.0 Å². The summed E-state index contributed by atoms with van der Waals surface area (Å²) in [6.07, 6.45) is 3.50. The van der Waals surface area contributed by atoms with Crippen molar-refractivity contribution in [1.29, 1.82) is 0 Å². The van der Waals surface area contributed by atoms with Gasteiger partial charge in [-0.3, -0.25) is 4.98 Å². The van der Waals surface area contributed by atoms with Crippen LogP contribution in [0.5, 0.6) is 0 Å². The lowest BCUT2D eigenvalue weighted by Gasteiger charge is -2.16. The summed E-state index contributed by atoms with van der Waals surface area (Å²) < 4.78 is 0. The first kappa shape index (κ1) is 11.3. The Morgan fingerprint density at radius 1 is 1.22 bits per heavy atom. The lowest BCUT2D eigenvalue weighted by atomic mass is 10.1. The van der Waals surface area contributed by atoms with E-state index >= 15 is 0 Å². The SMILES string of the molecule is CNc1c2c(nc3ccc(N(C)C)cc13)CCC2. The zero-order chi connectivity index (χ0) is 12.7. The molecule has 1 aromatic carbocycles. The molecule has 0 bridgehead atoms. The molecular weight excluding hydrogens is 222 g/mol. The maximum atomic E-state index is 4.81. The minimum absolute atomic E-state index is 1.10. The first-order chi connectivity index (χ1) is 8.70. The van der Waals surface area contributed by atoms with Gasteiger partial charge in [0.2, 0.25) is 0 Å². The molecule has 1 N–H and O–H groups in total. The summed E-state index contributed by atoms with van der Waals surface area (Å²) in [6, 6.07) is 6.49. The van der Waals surface area contributed by atoms with Gasteiger partial charge in [-0.1, -0.05) is 0 Å². The third-order valence-corrected chi connectivity index (χ3v) is 3.76. The second kappa shape index (κ2) is 4.16. The average molecular weight is 241 g/mol. The Morgan fingerprint density at radius 2 is 2.06 bits per heavy atom. The third-order valence-electron chi connectivity index (χ3n) is 3.76. The summed E-state index contributed by atoms with van der Waals surface area (Å²) in [6.45, 7) is 0. The molecule has 0 aliphatic heterocycles. The third kappa shape index (κ3) is 1.62. The number of pyridine rings is 1. The Hall–Kier alpha value is -1.77. The van der Waals surface area contributed by atoms with E-state index in [-0.39, 0.29) is 0 Å². The molecule has 1 aliphatic carbocycles. The zero-order valence-electron chi connectivity index (χ0n) is 11.2. The molecule has 0 amide bonds. The van der Waals surface area contributed by atoms with Crippen LogP contribution in [0.1, 0.15) is 17.7 Å². The highest BCUT2D eigenvalue weighted by molar-refractivity contribution is 5.95. The number of hydrogen-bond donors (Lipinski definition) is 1. The predicted molar refractivity (Wildman–Crippen MR) is 77.6 cm³/mol. The fourth-order valence-corrected chi connectivity index (χ4v) is 2.81. The fraction of sp³-hybridized carbons (Fsp3) is 0.400. The molecule has 1 aromatic heterocycles. The molecular formula is C15H19N3. The van der Waals surface area contributed by atoms with E-state index in [0.717, 1.165) is 18.4 Å². The van der Waals surface area contributed by atoms with Gasteiger partial charge in [-0.25, -0.2) is 0 Å². The molecule has 0 fully saturated rings. The maximum Gasteiger partial charge on any atom is 0.0727 e. The van der Waals surface area contributed by atoms with E-state index in [1.54, 1.807) is 0 Å². The first-order valence-electron chi connectivity index (χ1n) is 6.51. The van der Waals surface area contributed by atoms with Crippen LogP contribution in [-0.2, 0) is 12.8 Å². The van der Waals surface area contributed by atoms with E-state index in [2.05, 4.69) is 42.5 Å². The molecule has 3 rings (SSSR count). The lowest BCUT2D eigenvalue weighted by molar-refractivity contribution is 0.901. The molecule has 94 valence electrons. The number of aryl methyl sites for hydroxylation is 1. The van der Waals surface area contributed by atoms with E-state index in [1.807, 2.05) is 7.05 Å². The Bertz CT molecular complexity index is 602. The number of rotatable bonds is 2. The molecule has 3 nitrogen and oxygen atoms in total. The van der Waals surface area contributed by atoms with Crippen molar-refractivity contribution in [2.45, 2.75) is 19.3 Å². The quantitative estimate of drug-likeness (QED) is 0.876. The van der Waals surface area contributed by atoms with Crippen molar-refractivity contribution < 1.29 is 0 Å². The number of nitrogens with zero attached hydrogens (tertiary/aromatic N) is 2. The van der Waals surface area contributed by atoms with E-state index in [4.69, 9.17) is 4.98 Å². The smallest absolute Gasteiger partial charge is 0.0727 e. The minimum Gasteiger partial charge on any atom is -0.387 e. The van der Waals surface area contributed by atoms with Gasteiger partial charge in [0.05, 0.1) is 5.52 Å². The number of aromatic nitrogens is 1. The van der Waals surface area contributed by atoms with Crippen LogP contribution in [0.25, 0.3) is 10.9 Å². The average Bonchev–Trinajstić information content (AvgIpc) is 2.82. The summed E-state index contributed by atoms with van der Waals surface area (Å²) in [4.78, 5) is 6.94. The summed E-state index contributed by atoms with van der Waals surface area (Å²) in [5, 5.41) is 4.62. The first-order valence-corrected chi connectivity index (χ1v) is 6.51. The minimum atomic E-state index is 1.10. The van der Waals surface area contributed by atoms with Crippen molar-refractivity contribution in [3.63, 3.8) is 0 Å². The van der Waals surface area contributed by atoms with E-state index in [9.17, 15) is 0 Å². The van der Waals surface area contributed by atoms with Gasteiger partial charge in [0, 0.05) is 43.6 Å². The van der Waals surface area contributed by atoms with Gasteiger partial charge < -0.3 is 10.2 Å². The zero-order valence-corrected chi connectivity index (χ0v) is 11.2. The van der Waals surface area contributed by atoms with Gasteiger partial charge in [-0.15, -0.1) is 0 Å². The predicted octanol–water partition coefficient (Wildman–Crippen LogP) is 2.83. The second-order valence-electron chi connectivity index (χ2n) is 5.11. The van der Waals surface area contributed by atoms with Crippen molar-refractivity contribution in [3.8, 4) is 0 Å². The van der Waals surface area contributed by atoms with Crippen molar-refractivity contribution in [1.82, 2.24) is 4.98 Å². The van der Waals surface area contributed by atoms with Crippen molar-refractivity contribution >= 4 is 22.3 Å². The van der Waals surface area contributed by atoms with E-state index in [1.165, 1.54) is 34.4 Å². The Balaban J connectivity index is 2.30. The molecule has 18 heavy (non-hydrogen) atoms.